The van der Waals surface area contributed by atoms with Gasteiger partial charge >= 0.3 is 0 Å². The van der Waals surface area contributed by atoms with Crippen molar-refractivity contribution in [3.63, 3.8) is 0 Å². The van der Waals surface area contributed by atoms with Gasteiger partial charge in [-0.3, -0.25) is 9.69 Å². The van der Waals surface area contributed by atoms with Gasteiger partial charge in [0, 0.05) is 32.1 Å². The molecule has 0 spiro atoms. The van der Waals surface area contributed by atoms with Gasteiger partial charge in [0.05, 0.1) is 0 Å². The van der Waals surface area contributed by atoms with E-state index >= 15 is 0 Å². The van der Waals surface area contributed by atoms with Crippen LogP contribution in [0.4, 0.5) is 0 Å². The largest absolute Gasteiger partial charge is 0.356 e. The van der Waals surface area contributed by atoms with Crippen LogP contribution >= 0.6 is 0 Å². The average molecular weight is 281 g/mol. The fourth-order valence-electron chi connectivity index (χ4n) is 2.37. The maximum atomic E-state index is 11.5. The Morgan fingerprint density at radius 1 is 1.25 bits per heavy atom. The first kappa shape index (κ1) is 17.2. The number of nitrogens with zero attached hydrogens (tertiary/aromatic N) is 1. The minimum absolute atomic E-state index is 0.167. The molecule has 0 aromatic heterocycles. The van der Waals surface area contributed by atoms with E-state index in [4.69, 9.17) is 0 Å². The first-order valence-electron chi connectivity index (χ1n) is 7.97. The Hall–Kier alpha value is -0.870. The lowest BCUT2D eigenvalue weighted by Gasteiger charge is -2.31. The molecule has 4 nitrogen and oxygen atoms in total. The van der Waals surface area contributed by atoms with Crippen LogP contribution in [0.1, 0.15) is 46.5 Å². The molecule has 0 aromatic carbocycles. The summed E-state index contributed by atoms with van der Waals surface area (Å²) in [4.78, 5) is 14.0. The second-order valence-corrected chi connectivity index (χ2v) is 5.91. The zero-order chi connectivity index (χ0) is 14.8. The van der Waals surface area contributed by atoms with Crippen LogP contribution < -0.4 is 10.6 Å². The van der Waals surface area contributed by atoms with Crippen LogP contribution in [0.25, 0.3) is 0 Å². The topological polar surface area (TPSA) is 44.4 Å². The molecule has 1 saturated heterocycles. The van der Waals surface area contributed by atoms with Gasteiger partial charge in [0.1, 0.15) is 0 Å². The zero-order valence-corrected chi connectivity index (χ0v) is 13.4. The first-order chi connectivity index (χ1) is 9.61. The Kier molecular flexibility index (Phi) is 8.54. The summed E-state index contributed by atoms with van der Waals surface area (Å²) in [5, 5.41) is 6.42. The van der Waals surface area contributed by atoms with Gasteiger partial charge in [-0.1, -0.05) is 18.6 Å². The van der Waals surface area contributed by atoms with Crippen molar-refractivity contribution in [1.82, 2.24) is 15.5 Å². The molecule has 20 heavy (non-hydrogen) atoms. The second-order valence-electron chi connectivity index (χ2n) is 5.91. The lowest BCUT2D eigenvalue weighted by atomic mass is 10.0. The Bertz CT molecular complexity index is 303. The van der Waals surface area contributed by atoms with E-state index < -0.39 is 0 Å². The summed E-state index contributed by atoms with van der Waals surface area (Å²) in [6.45, 7) is 11.4. The van der Waals surface area contributed by atoms with Crippen molar-refractivity contribution >= 4 is 5.91 Å². The molecule has 0 unspecified atom stereocenters. The number of allylic oxidation sites excluding steroid dienone is 1. The Morgan fingerprint density at radius 3 is 2.55 bits per heavy atom. The number of likely N-dealkylation sites (tertiary alicyclic amines) is 1. The second kappa shape index (κ2) is 9.94. The summed E-state index contributed by atoms with van der Waals surface area (Å²) in [5.74, 6) is 0.167. The van der Waals surface area contributed by atoms with Crippen molar-refractivity contribution in [2.75, 3.05) is 32.7 Å². The first-order valence-corrected chi connectivity index (χ1v) is 7.97. The van der Waals surface area contributed by atoms with Crippen LogP contribution in [0, 0.1) is 0 Å². The van der Waals surface area contributed by atoms with E-state index in [0.717, 1.165) is 39.1 Å². The fraction of sp³-hybridized carbons (Fsp3) is 0.812. The zero-order valence-electron chi connectivity index (χ0n) is 13.4. The molecule has 1 heterocycles. The normalized spacial score (nSPS) is 16.9. The van der Waals surface area contributed by atoms with E-state index in [2.05, 4.69) is 42.4 Å². The summed E-state index contributed by atoms with van der Waals surface area (Å²) in [6.07, 6.45) is 6.27. The number of piperidine rings is 1. The monoisotopic (exact) mass is 281 g/mol. The Balaban J connectivity index is 2.07. The maximum Gasteiger partial charge on any atom is 0.221 e. The number of hydrogen-bond donors (Lipinski definition) is 2. The van der Waals surface area contributed by atoms with Gasteiger partial charge in [-0.25, -0.2) is 0 Å². The lowest BCUT2D eigenvalue weighted by Crippen LogP contribution is -2.43. The standard InChI is InChI=1S/C16H31N3O/c1-4-9-18-16(20)5-10-17-15-7-12-19(13-8-15)11-6-14(2)3/h6,15,17H,4-5,7-13H2,1-3H3,(H,18,20). The van der Waals surface area contributed by atoms with E-state index in [0.29, 0.717) is 12.5 Å². The molecule has 0 atom stereocenters. The minimum Gasteiger partial charge on any atom is -0.356 e. The third kappa shape index (κ3) is 7.65. The van der Waals surface area contributed by atoms with Crippen molar-refractivity contribution in [2.45, 2.75) is 52.5 Å². The molecule has 0 radical (unpaired) electrons. The molecule has 2 N–H and O–H groups in total. The van der Waals surface area contributed by atoms with Gasteiger partial charge in [0.2, 0.25) is 5.91 Å². The van der Waals surface area contributed by atoms with Gasteiger partial charge in [-0.2, -0.15) is 0 Å². The minimum atomic E-state index is 0.167. The molecule has 4 heteroatoms. The number of amides is 1. The van der Waals surface area contributed by atoms with Gasteiger partial charge in [-0.05, 0) is 46.2 Å². The molecule has 1 fully saturated rings. The molecule has 1 aliphatic rings. The van der Waals surface area contributed by atoms with Crippen LogP contribution in [0.15, 0.2) is 11.6 Å². The molecule has 0 aromatic rings. The van der Waals surface area contributed by atoms with Crippen LogP contribution in [0.3, 0.4) is 0 Å². The van der Waals surface area contributed by atoms with Crippen LogP contribution in [0.2, 0.25) is 0 Å². The Morgan fingerprint density at radius 2 is 1.95 bits per heavy atom. The van der Waals surface area contributed by atoms with Crippen molar-refractivity contribution in [1.29, 1.82) is 0 Å². The molecule has 116 valence electrons. The predicted octanol–water partition coefficient (Wildman–Crippen LogP) is 1.92. The van der Waals surface area contributed by atoms with Crippen molar-refractivity contribution in [3.05, 3.63) is 11.6 Å². The highest BCUT2D eigenvalue weighted by molar-refractivity contribution is 5.75. The fourth-order valence-corrected chi connectivity index (χ4v) is 2.37. The molecule has 1 amide bonds. The lowest BCUT2D eigenvalue weighted by molar-refractivity contribution is -0.121. The highest BCUT2D eigenvalue weighted by Crippen LogP contribution is 2.10. The highest BCUT2D eigenvalue weighted by Gasteiger charge is 2.17. The number of nitrogens with one attached hydrogen (secondary N) is 2. The maximum absolute atomic E-state index is 11.5. The summed E-state index contributed by atoms with van der Waals surface area (Å²) >= 11 is 0. The quantitative estimate of drug-likeness (QED) is 0.668. The van der Waals surface area contributed by atoms with E-state index in [1.54, 1.807) is 0 Å². The van der Waals surface area contributed by atoms with Gasteiger partial charge < -0.3 is 10.6 Å². The van der Waals surface area contributed by atoms with Crippen LogP contribution in [0.5, 0.6) is 0 Å². The average Bonchev–Trinajstić information content (AvgIpc) is 2.44. The van der Waals surface area contributed by atoms with E-state index in [9.17, 15) is 4.79 Å². The molecule has 0 saturated carbocycles. The summed E-state index contributed by atoms with van der Waals surface area (Å²) in [6, 6.07) is 0.580. The molecular formula is C16H31N3O. The number of hydrogen-bond acceptors (Lipinski definition) is 3. The summed E-state index contributed by atoms with van der Waals surface area (Å²) in [5.41, 5.74) is 1.39. The molecule has 1 rings (SSSR count). The number of carbonyl (C=O) groups is 1. The van der Waals surface area contributed by atoms with Crippen molar-refractivity contribution in [3.8, 4) is 0 Å². The van der Waals surface area contributed by atoms with Gasteiger partial charge in [0.25, 0.3) is 0 Å². The van der Waals surface area contributed by atoms with Crippen molar-refractivity contribution in [2.24, 2.45) is 0 Å². The molecule has 0 aliphatic carbocycles. The third-order valence-corrected chi connectivity index (χ3v) is 3.70. The molecule has 1 aliphatic heterocycles. The van der Waals surface area contributed by atoms with Gasteiger partial charge in [0.15, 0.2) is 0 Å². The Labute approximate surface area is 124 Å². The molecular weight excluding hydrogens is 250 g/mol. The third-order valence-electron chi connectivity index (χ3n) is 3.70. The van der Waals surface area contributed by atoms with Crippen LogP contribution in [-0.2, 0) is 4.79 Å². The SMILES string of the molecule is CCCNC(=O)CCNC1CCN(CC=C(C)C)CC1. The summed E-state index contributed by atoms with van der Waals surface area (Å²) < 4.78 is 0. The molecule has 0 bridgehead atoms. The summed E-state index contributed by atoms with van der Waals surface area (Å²) in [7, 11) is 0. The van der Waals surface area contributed by atoms with E-state index in [1.807, 2.05) is 0 Å². The van der Waals surface area contributed by atoms with Gasteiger partial charge in [-0.15, -0.1) is 0 Å². The predicted molar refractivity (Wildman–Crippen MR) is 84.8 cm³/mol. The van der Waals surface area contributed by atoms with E-state index in [1.165, 1.54) is 18.4 Å². The number of carbonyl (C=O) groups excluding carboxylic acids is 1. The van der Waals surface area contributed by atoms with E-state index in [-0.39, 0.29) is 5.91 Å². The highest BCUT2D eigenvalue weighted by atomic mass is 16.1. The van der Waals surface area contributed by atoms with Crippen molar-refractivity contribution < 1.29 is 4.79 Å². The smallest absolute Gasteiger partial charge is 0.221 e. The van der Waals surface area contributed by atoms with Crippen LogP contribution in [-0.4, -0.2) is 49.6 Å². The number of rotatable bonds is 8.